The fourth-order valence-electron chi connectivity index (χ4n) is 0.897. The standard InChI is InChI=1S/C11H10FNOS/c1-8(14)15-6-2-3-9-4-5-10(12)11(13)7-9/h4-5,7H,6,13H2,1H3. The SMILES string of the molecule is CC(=O)SCC#Cc1ccc(F)c(N)c1. The second-order valence-electron chi connectivity index (χ2n) is 2.82. The third kappa shape index (κ3) is 4.05. The molecule has 0 aromatic heterocycles. The molecule has 0 heterocycles. The van der Waals surface area contributed by atoms with Crippen molar-refractivity contribution in [2.24, 2.45) is 0 Å². The van der Waals surface area contributed by atoms with Gasteiger partial charge in [-0.05, 0) is 18.2 Å². The lowest BCUT2D eigenvalue weighted by molar-refractivity contribution is -0.109. The third-order valence-electron chi connectivity index (χ3n) is 1.58. The first-order valence-corrected chi connectivity index (χ1v) is 5.25. The van der Waals surface area contributed by atoms with E-state index in [0.29, 0.717) is 11.3 Å². The molecule has 0 amide bonds. The second-order valence-corrected chi connectivity index (χ2v) is 3.97. The highest BCUT2D eigenvalue weighted by molar-refractivity contribution is 8.13. The number of benzene rings is 1. The maximum atomic E-state index is 12.8. The van der Waals surface area contributed by atoms with Crippen molar-refractivity contribution in [2.75, 3.05) is 11.5 Å². The Kier molecular flexibility index (Phi) is 4.19. The minimum absolute atomic E-state index is 0.0305. The summed E-state index contributed by atoms with van der Waals surface area (Å²) in [7, 11) is 0. The van der Waals surface area contributed by atoms with Crippen molar-refractivity contribution in [3.05, 3.63) is 29.6 Å². The van der Waals surface area contributed by atoms with Crippen molar-refractivity contribution in [2.45, 2.75) is 6.92 Å². The van der Waals surface area contributed by atoms with Crippen LogP contribution in [0.1, 0.15) is 12.5 Å². The van der Waals surface area contributed by atoms with Crippen LogP contribution in [0.2, 0.25) is 0 Å². The molecule has 0 radical (unpaired) electrons. The van der Waals surface area contributed by atoms with Gasteiger partial charge in [0.05, 0.1) is 11.4 Å². The summed E-state index contributed by atoms with van der Waals surface area (Å²) >= 11 is 1.14. The van der Waals surface area contributed by atoms with E-state index in [9.17, 15) is 9.18 Å². The van der Waals surface area contributed by atoms with Gasteiger partial charge < -0.3 is 5.73 Å². The molecule has 0 atom stereocenters. The number of nitrogen functional groups attached to an aromatic ring is 1. The first-order chi connectivity index (χ1) is 7.09. The van der Waals surface area contributed by atoms with Crippen LogP contribution in [0, 0.1) is 17.7 Å². The van der Waals surface area contributed by atoms with Gasteiger partial charge in [0.15, 0.2) is 5.12 Å². The molecule has 4 heteroatoms. The van der Waals surface area contributed by atoms with E-state index in [4.69, 9.17) is 5.73 Å². The van der Waals surface area contributed by atoms with Crippen molar-refractivity contribution in [1.29, 1.82) is 0 Å². The van der Waals surface area contributed by atoms with E-state index in [1.807, 2.05) is 0 Å². The molecule has 1 rings (SSSR count). The van der Waals surface area contributed by atoms with E-state index in [0.717, 1.165) is 11.8 Å². The number of carbonyl (C=O) groups excluding carboxylic acids is 1. The van der Waals surface area contributed by atoms with Crippen LogP contribution in [0.15, 0.2) is 18.2 Å². The second kappa shape index (κ2) is 5.42. The van der Waals surface area contributed by atoms with Gasteiger partial charge in [0, 0.05) is 12.5 Å². The molecular formula is C11H10FNOS. The lowest BCUT2D eigenvalue weighted by Crippen LogP contribution is -1.90. The van der Waals surface area contributed by atoms with E-state index in [1.54, 1.807) is 6.07 Å². The molecule has 0 aliphatic carbocycles. The molecule has 0 aliphatic heterocycles. The molecule has 1 aromatic carbocycles. The summed E-state index contributed by atoms with van der Waals surface area (Å²) in [6, 6.07) is 4.30. The zero-order valence-electron chi connectivity index (χ0n) is 8.21. The fourth-order valence-corrected chi connectivity index (χ4v) is 1.24. The van der Waals surface area contributed by atoms with Gasteiger partial charge in [0.1, 0.15) is 5.82 Å². The summed E-state index contributed by atoms with van der Waals surface area (Å²) in [5, 5.41) is 0.0305. The Morgan fingerprint density at radius 1 is 1.60 bits per heavy atom. The highest BCUT2D eigenvalue weighted by Gasteiger charge is 1.96. The van der Waals surface area contributed by atoms with E-state index in [-0.39, 0.29) is 10.8 Å². The van der Waals surface area contributed by atoms with E-state index in [2.05, 4.69) is 11.8 Å². The highest BCUT2D eigenvalue weighted by atomic mass is 32.2. The van der Waals surface area contributed by atoms with Crippen LogP contribution in [-0.4, -0.2) is 10.9 Å². The third-order valence-corrected chi connectivity index (χ3v) is 2.27. The number of carbonyl (C=O) groups is 1. The van der Waals surface area contributed by atoms with Gasteiger partial charge in [-0.3, -0.25) is 4.79 Å². The van der Waals surface area contributed by atoms with Gasteiger partial charge in [-0.15, -0.1) is 0 Å². The number of rotatable bonds is 1. The lowest BCUT2D eigenvalue weighted by atomic mass is 10.2. The molecule has 0 unspecified atom stereocenters. The number of nitrogens with two attached hydrogens (primary N) is 1. The van der Waals surface area contributed by atoms with Crippen molar-refractivity contribution < 1.29 is 9.18 Å². The molecule has 2 N–H and O–H groups in total. The number of thioether (sulfide) groups is 1. The van der Waals surface area contributed by atoms with Crippen molar-refractivity contribution in [3.63, 3.8) is 0 Å². The molecule has 78 valence electrons. The molecule has 0 spiro atoms. The molecule has 15 heavy (non-hydrogen) atoms. The number of hydrogen-bond donors (Lipinski definition) is 1. The lowest BCUT2D eigenvalue weighted by Gasteiger charge is -1.95. The minimum Gasteiger partial charge on any atom is -0.396 e. The smallest absolute Gasteiger partial charge is 0.186 e. The Balaban J connectivity index is 2.64. The summed E-state index contributed by atoms with van der Waals surface area (Å²) in [5.41, 5.74) is 6.11. The molecule has 1 aromatic rings. The van der Waals surface area contributed by atoms with Crippen molar-refractivity contribution >= 4 is 22.6 Å². The summed E-state index contributed by atoms with van der Waals surface area (Å²) in [6.45, 7) is 1.49. The molecule has 0 saturated carbocycles. The van der Waals surface area contributed by atoms with E-state index >= 15 is 0 Å². The van der Waals surface area contributed by atoms with Gasteiger partial charge in [0.25, 0.3) is 0 Å². The quantitative estimate of drug-likeness (QED) is 0.585. The predicted octanol–water partition coefficient (Wildman–Crippen LogP) is 2.04. The van der Waals surface area contributed by atoms with E-state index in [1.165, 1.54) is 19.1 Å². The number of halogens is 1. The van der Waals surface area contributed by atoms with Gasteiger partial charge in [0.2, 0.25) is 0 Å². The van der Waals surface area contributed by atoms with Crippen LogP contribution in [0.25, 0.3) is 0 Å². The van der Waals surface area contributed by atoms with Crippen LogP contribution >= 0.6 is 11.8 Å². The summed E-state index contributed by atoms with van der Waals surface area (Å²) < 4.78 is 12.8. The van der Waals surface area contributed by atoms with Crippen LogP contribution in [0.3, 0.4) is 0 Å². The molecular weight excluding hydrogens is 213 g/mol. The van der Waals surface area contributed by atoms with E-state index < -0.39 is 5.82 Å². The molecule has 2 nitrogen and oxygen atoms in total. The van der Waals surface area contributed by atoms with Gasteiger partial charge >= 0.3 is 0 Å². The van der Waals surface area contributed by atoms with Crippen molar-refractivity contribution in [3.8, 4) is 11.8 Å². The monoisotopic (exact) mass is 223 g/mol. The largest absolute Gasteiger partial charge is 0.396 e. The van der Waals surface area contributed by atoms with Gasteiger partial charge in [-0.2, -0.15) is 0 Å². The van der Waals surface area contributed by atoms with Crippen molar-refractivity contribution in [1.82, 2.24) is 0 Å². The summed E-state index contributed by atoms with van der Waals surface area (Å²) in [5.74, 6) is 5.58. The molecule has 0 bridgehead atoms. The minimum atomic E-state index is -0.446. The number of hydrogen-bond acceptors (Lipinski definition) is 3. The Bertz CT molecular complexity index is 434. The molecule has 0 aliphatic rings. The topological polar surface area (TPSA) is 43.1 Å². The Labute approximate surface area is 92.0 Å². The number of anilines is 1. The van der Waals surface area contributed by atoms with Crippen LogP contribution in [-0.2, 0) is 4.79 Å². The highest BCUT2D eigenvalue weighted by Crippen LogP contribution is 2.11. The Hall–Kier alpha value is -1.47. The van der Waals surface area contributed by atoms with Crippen LogP contribution in [0.4, 0.5) is 10.1 Å². The predicted molar refractivity (Wildman–Crippen MR) is 60.8 cm³/mol. The maximum Gasteiger partial charge on any atom is 0.186 e. The normalized spacial score (nSPS) is 9.20. The van der Waals surface area contributed by atoms with Crippen LogP contribution < -0.4 is 5.73 Å². The van der Waals surface area contributed by atoms with Gasteiger partial charge in [-0.25, -0.2) is 4.39 Å². The zero-order chi connectivity index (χ0) is 11.3. The zero-order valence-corrected chi connectivity index (χ0v) is 9.03. The molecule has 0 saturated heterocycles. The molecule has 0 fully saturated rings. The average molecular weight is 223 g/mol. The average Bonchev–Trinajstić information content (AvgIpc) is 2.18. The Morgan fingerprint density at radius 2 is 2.33 bits per heavy atom. The maximum absolute atomic E-state index is 12.8. The van der Waals surface area contributed by atoms with Crippen LogP contribution in [0.5, 0.6) is 0 Å². The van der Waals surface area contributed by atoms with Gasteiger partial charge in [-0.1, -0.05) is 23.6 Å². The summed E-state index contributed by atoms with van der Waals surface area (Å²) in [4.78, 5) is 10.6. The first-order valence-electron chi connectivity index (χ1n) is 4.27. The Morgan fingerprint density at radius 3 is 2.93 bits per heavy atom. The summed E-state index contributed by atoms with van der Waals surface area (Å²) in [6.07, 6.45) is 0. The first kappa shape index (κ1) is 11.6. The fraction of sp³-hybridized carbons (Fsp3) is 0.182.